The molecule has 0 amide bonds. The summed E-state index contributed by atoms with van der Waals surface area (Å²) >= 11 is 0. The molecule has 1 aliphatic heterocycles. The number of ether oxygens (including phenoxy) is 2. The fraction of sp³-hybridized carbons (Fsp3) is 0.474. The lowest BCUT2D eigenvalue weighted by Gasteiger charge is -2.21. The standard InChI is InChI=1S/C19H26F2N6O2/c1-22-19(24-11-17-23-5-7-27(17)18(20)21)25-13-4-6-26(12-13)14-8-15(28-2)10-16(9-14)29-3/h5,7-10,13,18H,4,6,11-12H2,1-3H3,(H2,22,24,25). The van der Waals surface area contributed by atoms with Crippen LogP contribution in [-0.2, 0) is 6.54 Å². The summed E-state index contributed by atoms with van der Waals surface area (Å²) in [6, 6.07) is 5.95. The molecule has 3 rings (SSSR count). The van der Waals surface area contributed by atoms with Crippen molar-refractivity contribution in [3.63, 3.8) is 0 Å². The van der Waals surface area contributed by atoms with Crippen LogP contribution in [0.5, 0.6) is 11.5 Å². The maximum atomic E-state index is 12.9. The highest BCUT2D eigenvalue weighted by atomic mass is 19.3. The number of hydrogen-bond donors (Lipinski definition) is 2. The van der Waals surface area contributed by atoms with E-state index in [0.29, 0.717) is 5.96 Å². The fourth-order valence-corrected chi connectivity index (χ4v) is 3.30. The van der Waals surface area contributed by atoms with Crippen LogP contribution in [0.15, 0.2) is 35.6 Å². The maximum absolute atomic E-state index is 12.9. The summed E-state index contributed by atoms with van der Waals surface area (Å²) in [4.78, 5) is 10.4. The number of hydrogen-bond acceptors (Lipinski definition) is 5. The molecule has 29 heavy (non-hydrogen) atoms. The second kappa shape index (κ2) is 9.44. The molecular formula is C19H26F2N6O2. The second-order valence-electron chi connectivity index (χ2n) is 6.60. The molecule has 0 radical (unpaired) electrons. The molecule has 1 aromatic heterocycles. The van der Waals surface area contributed by atoms with Crippen LogP contribution in [0.25, 0.3) is 0 Å². The number of anilines is 1. The monoisotopic (exact) mass is 408 g/mol. The van der Waals surface area contributed by atoms with Crippen molar-refractivity contribution in [1.29, 1.82) is 0 Å². The molecule has 1 atom stereocenters. The predicted octanol–water partition coefficient (Wildman–Crippen LogP) is 2.24. The summed E-state index contributed by atoms with van der Waals surface area (Å²) in [5, 5.41) is 6.39. The predicted molar refractivity (Wildman–Crippen MR) is 107 cm³/mol. The van der Waals surface area contributed by atoms with Crippen LogP contribution < -0.4 is 25.0 Å². The third-order valence-corrected chi connectivity index (χ3v) is 4.83. The average Bonchev–Trinajstić information content (AvgIpc) is 3.40. The van der Waals surface area contributed by atoms with E-state index in [9.17, 15) is 8.78 Å². The van der Waals surface area contributed by atoms with Crippen LogP contribution in [0.1, 0.15) is 18.8 Å². The number of guanidine groups is 1. The minimum absolute atomic E-state index is 0.153. The van der Waals surface area contributed by atoms with E-state index < -0.39 is 6.55 Å². The maximum Gasteiger partial charge on any atom is 0.319 e. The van der Waals surface area contributed by atoms with Crippen molar-refractivity contribution in [2.45, 2.75) is 25.6 Å². The Morgan fingerprint density at radius 1 is 1.28 bits per heavy atom. The van der Waals surface area contributed by atoms with Crippen molar-refractivity contribution >= 4 is 11.6 Å². The summed E-state index contributed by atoms with van der Waals surface area (Å²) in [5.41, 5.74) is 1.02. The lowest BCUT2D eigenvalue weighted by atomic mass is 10.2. The first-order valence-electron chi connectivity index (χ1n) is 9.29. The zero-order valence-electron chi connectivity index (χ0n) is 16.7. The normalized spacial score (nSPS) is 17.0. The zero-order chi connectivity index (χ0) is 20.8. The molecule has 158 valence electrons. The Kier molecular flexibility index (Phi) is 6.73. The van der Waals surface area contributed by atoms with Crippen molar-refractivity contribution in [2.24, 2.45) is 4.99 Å². The van der Waals surface area contributed by atoms with Crippen molar-refractivity contribution in [3.8, 4) is 11.5 Å². The Morgan fingerprint density at radius 3 is 2.62 bits per heavy atom. The molecular weight excluding hydrogens is 382 g/mol. The molecule has 0 spiro atoms. The van der Waals surface area contributed by atoms with Crippen LogP contribution in [-0.4, -0.2) is 55.9 Å². The topological polar surface area (TPSA) is 75.9 Å². The van der Waals surface area contributed by atoms with Gasteiger partial charge in [0.25, 0.3) is 0 Å². The summed E-state index contributed by atoms with van der Waals surface area (Å²) < 4.78 is 37.4. The van der Waals surface area contributed by atoms with E-state index in [1.165, 1.54) is 12.4 Å². The molecule has 2 N–H and O–H groups in total. The largest absolute Gasteiger partial charge is 0.497 e. The first-order valence-corrected chi connectivity index (χ1v) is 9.29. The molecule has 1 fully saturated rings. The molecule has 1 unspecified atom stereocenters. The third kappa shape index (κ3) is 5.07. The summed E-state index contributed by atoms with van der Waals surface area (Å²) in [6.07, 6.45) is 3.53. The quantitative estimate of drug-likeness (QED) is 0.541. The van der Waals surface area contributed by atoms with Crippen molar-refractivity contribution in [2.75, 3.05) is 39.3 Å². The van der Waals surface area contributed by atoms with Crippen LogP contribution in [0.3, 0.4) is 0 Å². The van der Waals surface area contributed by atoms with Gasteiger partial charge in [-0.25, -0.2) is 4.98 Å². The average molecular weight is 408 g/mol. The van der Waals surface area contributed by atoms with Crippen molar-refractivity contribution < 1.29 is 18.3 Å². The number of aliphatic imine (C=N–C) groups is 1. The van der Waals surface area contributed by atoms with Crippen LogP contribution in [0.4, 0.5) is 14.5 Å². The summed E-state index contributed by atoms with van der Waals surface area (Å²) in [6.45, 7) is -0.836. The van der Waals surface area contributed by atoms with E-state index in [-0.39, 0.29) is 18.4 Å². The first-order chi connectivity index (χ1) is 14.0. The minimum atomic E-state index is -2.62. The van der Waals surface area contributed by atoms with Gasteiger partial charge >= 0.3 is 6.55 Å². The van der Waals surface area contributed by atoms with Crippen LogP contribution >= 0.6 is 0 Å². The van der Waals surface area contributed by atoms with Gasteiger partial charge in [-0.3, -0.25) is 9.56 Å². The van der Waals surface area contributed by atoms with E-state index >= 15 is 0 Å². The number of imidazole rings is 1. The Balaban J connectivity index is 1.58. The Bertz CT molecular complexity index is 820. The van der Waals surface area contributed by atoms with E-state index in [2.05, 4.69) is 25.5 Å². The molecule has 2 heterocycles. The highest BCUT2D eigenvalue weighted by Gasteiger charge is 2.24. The van der Waals surface area contributed by atoms with Gasteiger partial charge in [-0.1, -0.05) is 0 Å². The molecule has 0 aliphatic carbocycles. The highest BCUT2D eigenvalue weighted by Crippen LogP contribution is 2.30. The van der Waals surface area contributed by atoms with E-state index in [4.69, 9.17) is 9.47 Å². The number of halogens is 2. The number of aromatic nitrogens is 2. The number of nitrogens with one attached hydrogen (secondary N) is 2. The third-order valence-electron chi connectivity index (χ3n) is 4.83. The van der Waals surface area contributed by atoms with E-state index in [0.717, 1.165) is 41.3 Å². The summed E-state index contributed by atoms with van der Waals surface area (Å²) in [5.74, 6) is 2.27. The summed E-state index contributed by atoms with van der Waals surface area (Å²) in [7, 11) is 4.90. The lowest BCUT2D eigenvalue weighted by molar-refractivity contribution is 0.0668. The minimum Gasteiger partial charge on any atom is -0.497 e. The Labute approximate surface area is 168 Å². The number of benzene rings is 1. The smallest absolute Gasteiger partial charge is 0.319 e. The molecule has 2 aromatic rings. The van der Waals surface area contributed by atoms with Gasteiger partial charge in [0, 0.05) is 62.5 Å². The molecule has 0 bridgehead atoms. The van der Waals surface area contributed by atoms with E-state index in [1.807, 2.05) is 18.2 Å². The van der Waals surface area contributed by atoms with Gasteiger partial charge < -0.3 is 25.0 Å². The molecule has 1 aliphatic rings. The number of nitrogens with zero attached hydrogens (tertiary/aromatic N) is 4. The first kappa shape index (κ1) is 20.7. The molecule has 0 saturated carbocycles. The van der Waals surface area contributed by atoms with Gasteiger partial charge in [0.2, 0.25) is 0 Å². The van der Waals surface area contributed by atoms with Gasteiger partial charge in [-0.2, -0.15) is 8.78 Å². The highest BCUT2D eigenvalue weighted by molar-refractivity contribution is 5.80. The molecule has 1 aromatic carbocycles. The van der Waals surface area contributed by atoms with Gasteiger partial charge in [0.1, 0.15) is 17.3 Å². The number of methoxy groups -OCH3 is 2. The van der Waals surface area contributed by atoms with Crippen LogP contribution in [0.2, 0.25) is 0 Å². The van der Waals surface area contributed by atoms with Gasteiger partial charge in [-0.15, -0.1) is 0 Å². The van der Waals surface area contributed by atoms with Gasteiger partial charge in [0.15, 0.2) is 5.96 Å². The van der Waals surface area contributed by atoms with Gasteiger partial charge in [0.05, 0.1) is 20.8 Å². The lowest BCUT2D eigenvalue weighted by Crippen LogP contribution is -2.44. The molecule has 8 nitrogen and oxygen atoms in total. The number of rotatable bonds is 7. The SMILES string of the molecule is CN=C(NCc1nccn1C(F)F)NC1CCN(c2cc(OC)cc(OC)c2)C1. The Hall–Kier alpha value is -3.04. The molecule has 1 saturated heterocycles. The number of alkyl halides is 2. The van der Waals surface area contributed by atoms with Crippen molar-refractivity contribution in [3.05, 3.63) is 36.4 Å². The zero-order valence-corrected chi connectivity index (χ0v) is 16.7. The molecule has 10 heteroatoms. The second-order valence-corrected chi connectivity index (χ2v) is 6.60. The fourth-order valence-electron chi connectivity index (χ4n) is 3.30. The van der Waals surface area contributed by atoms with Gasteiger partial charge in [-0.05, 0) is 6.42 Å². The van der Waals surface area contributed by atoms with E-state index in [1.54, 1.807) is 21.3 Å². The van der Waals surface area contributed by atoms with Crippen molar-refractivity contribution in [1.82, 2.24) is 20.2 Å². The Morgan fingerprint density at radius 2 is 2.00 bits per heavy atom. The van der Waals surface area contributed by atoms with Crippen LogP contribution in [0, 0.1) is 0 Å².